The minimum atomic E-state index is -0.372. The van der Waals surface area contributed by atoms with E-state index in [-0.39, 0.29) is 12.4 Å². The molecule has 0 unspecified atom stereocenters. The fourth-order valence-electron chi connectivity index (χ4n) is 2.20. The van der Waals surface area contributed by atoms with Gasteiger partial charge in [0.05, 0.1) is 13.7 Å². The zero-order valence-corrected chi connectivity index (χ0v) is 13.5. The Labute approximate surface area is 134 Å². The summed E-state index contributed by atoms with van der Waals surface area (Å²) in [4.78, 5) is 1.11. The SMILES string of the molecule is COc1cc(CNCc2ccc(F)c(CO)c2)ccc1SC. The number of methoxy groups -OCH3 is 1. The van der Waals surface area contributed by atoms with Gasteiger partial charge in [0.2, 0.25) is 0 Å². The maximum Gasteiger partial charge on any atom is 0.132 e. The Hall–Kier alpha value is -1.56. The molecule has 0 atom stereocenters. The van der Waals surface area contributed by atoms with E-state index in [0.29, 0.717) is 18.7 Å². The van der Waals surface area contributed by atoms with E-state index in [9.17, 15) is 4.39 Å². The number of thioether (sulfide) groups is 1. The van der Waals surface area contributed by atoms with Gasteiger partial charge in [-0.3, -0.25) is 0 Å². The molecule has 0 saturated heterocycles. The topological polar surface area (TPSA) is 41.5 Å². The third-order valence-corrected chi connectivity index (χ3v) is 4.16. The molecule has 0 spiro atoms. The lowest BCUT2D eigenvalue weighted by Gasteiger charge is -2.10. The third-order valence-electron chi connectivity index (χ3n) is 3.39. The van der Waals surface area contributed by atoms with E-state index in [1.807, 2.05) is 18.4 Å². The summed E-state index contributed by atoms with van der Waals surface area (Å²) in [7, 11) is 1.67. The molecule has 0 fully saturated rings. The van der Waals surface area contributed by atoms with E-state index in [1.54, 1.807) is 31.0 Å². The molecular weight excluding hydrogens is 301 g/mol. The van der Waals surface area contributed by atoms with Crippen LogP contribution < -0.4 is 10.1 Å². The average Bonchev–Trinajstić information content (AvgIpc) is 2.56. The minimum absolute atomic E-state index is 0.285. The van der Waals surface area contributed by atoms with Crippen LogP contribution in [0.2, 0.25) is 0 Å². The van der Waals surface area contributed by atoms with Crippen LogP contribution >= 0.6 is 11.8 Å². The zero-order chi connectivity index (χ0) is 15.9. The smallest absolute Gasteiger partial charge is 0.132 e. The van der Waals surface area contributed by atoms with Crippen LogP contribution in [-0.2, 0) is 19.7 Å². The van der Waals surface area contributed by atoms with Gasteiger partial charge in [0.25, 0.3) is 0 Å². The minimum Gasteiger partial charge on any atom is -0.496 e. The van der Waals surface area contributed by atoms with Crippen LogP contribution in [0, 0.1) is 5.82 Å². The number of halogens is 1. The second-order valence-corrected chi connectivity index (χ2v) is 5.72. The Morgan fingerprint density at radius 3 is 2.45 bits per heavy atom. The van der Waals surface area contributed by atoms with Gasteiger partial charge in [-0.1, -0.05) is 12.1 Å². The van der Waals surface area contributed by atoms with Crippen LogP contribution in [0.3, 0.4) is 0 Å². The van der Waals surface area contributed by atoms with Crippen molar-refractivity contribution in [3.8, 4) is 5.75 Å². The van der Waals surface area contributed by atoms with E-state index in [0.717, 1.165) is 21.8 Å². The summed E-state index contributed by atoms with van der Waals surface area (Å²) in [5.74, 6) is 0.500. The second-order valence-electron chi connectivity index (χ2n) is 4.88. The van der Waals surface area contributed by atoms with Gasteiger partial charge in [-0.25, -0.2) is 4.39 Å². The third kappa shape index (κ3) is 4.22. The molecule has 118 valence electrons. The first-order chi connectivity index (χ1) is 10.7. The van der Waals surface area contributed by atoms with Crippen LogP contribution in [-0.4, -0.2) is 18.5 Å². The molecule has 0 radical (unpaired) electrons. The van der Waals surface area contributed by atoms with Gasteiger partial charge >= 0.3 is 0 Å². The molecule has 0 bridgehead atoms. The summed E-state index contributed by atoms with van der Waals surface area (Å²) in [6.07, 6.45) is 2.02. The Balaban J connectivity index is 1.96. The number of rotatable bonds is 7. The van der Waals surface area contributed by atoms with Crippen molar-refractivity contribution in [1.82, 2.24) is 5.32 Å². The summed E-state index contributed by atoms with van der Waals surface area (Å²) in [6, 6.07) is 10.9. The Bertz CT molecular complexity index is 634. The molecule has 2 rings (SSSR count). The molecule has 0 amide bonds. The first-order valence-corrected chi connectivity index (χ1v) is 8.20. The highest BCUT2D eigenvalue weighted by Crippen LogP contribution is 2.28. The summed E-state index contributed by atoms with van der Waals surface area (Å²) < 4.78 is 18.7. The average molecular weight is 321 g/mol. The first kappa shape index (κ1) is 16.8. The van der Waals surface area contributed by atoms with Crippen molar-refractivity contribution in [2.75, 3.05) is 13.4 Å². The molecule has 0 aliphatic heterocycles. The molecule has 5 heteroatoms. The van der Waals surface area contributed by atoms with Gasteiger partial charge in [0, 0.05) is 23.5 Å². The molecule has 2 N–H and O–H groups in total. The summed E-state index contributed by atoms with van der Waals surface area (Å²) in [5, 5.41) is 12.4. The van der Waals surface area contributed by atoms with E-state index in [2.05, 4.69) is 11.4 Å². The quantitative estimate of drug-likeness (QED) is 0.768. The number of aliphatic hydroxyl groups excluding tert-OH is 1. The van der Waals surface area contributed by atoms with Crippen molar-refractivity contribution < 1.29 is 14.2 Å². The molecular formula is C17H20FNO2S. The number of nitrogens with one attached hydrogen (secondary N) is 1. The fraction of sp³-hybridized carbons (Fsp3) is 0.294. The van der Waals surface area contributed by atoms with E-state index < -0.39 is 0 Å². The number of benzene rings is 2. The molecule has 0 aliphatic carbocycles. The number of hydrogen-bond acceptors (Lipinski definition) is 4. The van der Waals surface area contributed by atoms with Gasteiger partial charge in [0.15, 0.2) is 0 Å². The largest absolute Gasteiger partial charge is 0.496 e. The lowest BCUT2D eigenvalue weighted by atomic mass is 10.1. The monoisotopic (exact) mass is 321 g/mol. The number of hydrogen-bond donors (Lipinski definition) is 2. The molecule has 2 aromatic carbocycles. The van der Waals surface area contributed by atoms with Crippen LogP contribution in [0.25, 0.3) is 0 Å². The molecule has 0 aromatic heterocycles. The Kier molecular flexibility index (Phi) is 6.24. The Morgan fingerprint density at radius 1 is 1.14 bits per heavy atom. The molecule has 2 aromatic rings. The number of ether oxygens (including phenoxy) is 1. The first-order valence-electron chi connectivity index (χ1n) is 6.97. The highest BCUT2D eigenvalue weighted by atomic mass is 32.2. The van der Waals surface area contributed by atoms with Gasteiger partial charge in [-0.15, -0.1) is 11.8 Å². The lowest BCUT2D eigenvalue weighted by Crippen LogP contribution is -2.13. The highest BCUT2D eigenvalue weighted by Gasteiger charge is 2.05. The van der Waals surface area contributed by atoms with Crippen LogP contribution in [0.1, 0.15) is 16.7 Å². The summed E-state index contributed by atoms with van der Waals surface area (Å²) in [5.41, 5.74) is 2.39. The van der Waals surface area contributed by atoms with Crippen molar-refractivity contribution >= 4 is 11.8 Å². The van der Waals surface area contributed by atoms with Gasteiger partial charge < -0.3 is 15.2 Å². The Morgan fingerprint density at radius 2 is 1.82 bits per heavy atom. The molecule has 22 heavy (non-hydrogen) atoms. The lowest BCUT2D eigenvalue weighted by molar-refractivity contribution is 0.275. The van der Waals surface area contributed by atoms with Crippen LogP contribution in [0.4, 0.5) is 4.39 Å². The maximum absolute atomic E-state index is 13.3. The normalized spacial score (nSPS) is 10.7. The second kappa shape index (κ2) is 8.17. The van der Waals surface area contributed by atoms with Crippen molar-refractivity contribution in [2.24, 2.45) is 0 Å². The highest BCUT2D eigenvalue weighted by molar-refractivity contribution is 7.98. The standard InChI is InChI=1S/C17H20FNO2S/c1-21-16-8-13(4-6-17(16)22-2)10-19-9-12-3-5-15(18)14(7-12)11-20/h3-8,19-20H,9-11H2,1-2H3. The van der Waals surface area contributed by atoms with Crippen molar-refractivity contribution in [3.05, 3.63) is 58.9 Å². The molecule has 0 aliphatic rings. The predicted octanol–water partition coefficient (Wildman–Crippen LogP) is 3.34. The summed E-state index contributed by atoms with van der Waals surface area (Å²) in [6.45, 7) is 1.02. The molecule has 3 nitrogen and oxygen atoms in total. The van der Waals surface area contributed by atoms with E-state index >= 15 is 0 Å². The van der Waals surface area contributed by atoms with E-state index in [1.165, 1.54) is 6.07 Å². The zero-order valence-electron chi connectivity index (χ0n) is 12.7. The molecule has 0 heterocycles. The maximum atomic E-state index is 13.3. The van der Waals surface area contributed by atoms with Gasteiger partial charge in [-0.2, -0.15) is 0 Å². The van der Waals surface area contributed by atoms with Crippen molar-refractivity contribution in [3.63, 3.8) is 0 Å². The van der Waals surface area contributed by atoms with Crippen LogP contribution in [0.15, 0.2) is 41.3 Å². The van der Waals surface area contributed by atoms with E-state index in [4.69, 9.17) is 9.84 Å². The van der Waals surface area contributed by atoms with Gasteiger partial charge in [0.1, 0.15) is 11.6 Å². The van der Waals surface area contributed by atoms with Crippen LogP contribution in [0.5, 0.6) is 5.75 Å². The van der Waals surface area contributed by atoms with Gasteiger partial charge in [-0.05, 0) is 41.6 Å². The van der Waals surface area contributed by atoms with Crippen molar-refractivity contribution in [2.45, 2.75) is 24.6 Å². The predicted molar refractivity (Wildman–Crippen MR) is 87.6 cm³/mol. The number of aliphatic hydroxyl groups is 1. The molecule has 0 saturated carbocycles. The fourth-order valence-corrected chi connectivity index (χ4v) is 2.75. The van der Waals surface area contributed by atoms with Crippen molar-refractivity contribution in [1.29, 1.82) is 0 Å². The summed E-state index contributed by atoms with van der Waals surface area (Å²) >= 11 is 1.65.